The molecule has 5 nitrogen and oxygen atoms in total. The third-order valence-electron chi connectivity index (χ3n) is 4.45. The van der Waals surface area contributed by atoms with Gasteiger partial charge in [0.05, 0.1) is 7.11 Å². The van der Waals surface area contributed by atoms with Crippen LogP contribution in [0.2, 0.25) is 0 Å². The van der Waals surface area contributed by atoms with E-state index in [1.165, 1.54) is 25.3 Å². The highest BCUT2D eigenvalue weighted by Crippen LogP contribution is 2.48. The lowest BCUT2D eigenvalue weighted by Gasteiger charge is -2.09. The zero-order valence-corrected chi connectivity index (χ0v) is 14.0. The van der Waals surface area contributed by atoms with E-state index in [1.807, 2.05) is 0 Å². The normalized spacial score (nSPS) is 18.3. The molecule has 1 fully saturated rings. The number of rotatable bonds is 6. The van der Waals surface area contributed by atoms with Crippen LogP contribution in [0.15, 0.2) is 36.4 Å². The minimum atomic E-state index is -1.10. The van der Waals surface area contributed by atoms with E-state index >= 15 is 0 Å². The van der Waals surface area contributed by atoms with Gasteiger partial charge in [-0.2, -0.15) is 0 Å². The van der Waals surface area contributed by atoms with Gasteiger partial charge in [0.15, 0.2) is 0 Å². The van der Waals surface area contributed by atoms with Crippen molar-refractivity contribution in [3.63, 3.8) is 0 Å². The summed E-state index contributed by atoms with van der Waals surface area (Å²) in [4.78, 5) is 23.3. The zero-order valence-electron chi connectivity index (χ0n) is 14.0. The highest BCUT2D eigenvalue weighted by molar-refractivity contribution is 5.91. The second-order valence-corrected chi connectivity index (χ2v) is 6.17. The summed E-state index contributed by atoms with van der Waals surface area (Å²) in [5.41, 5.74) is 1.07. The fraction of sp³-hybridized carbons (Fsp3) is 0.263. The average Bonchev–Trinajstić information content (AvgIpc) is 3.39. The van der Waals surface area contributed by atoms with Gasteiger partial charge in [-0.25, -0.2) is 13.6 Å². The predicted molar refractivity (Wildman–Crippen MR) is 89.0 cm³/mol. The molecule has 1 saturated carbocycles. The Hall–Kier alpha value is -2.96. The van der Waals surface area contributed by atoms with Gasteiger partial charge in [0.1, 0.15) is 22.9 Å². The van der Waals surface area contributed by atoms with Gasteiger partial charge in [-0.3, -0.25) is 4.79 Å². The van der Waals surface area contributed by atoms with Crippen molar-refractivity contribution in [2.75, 3.05) is 7.11 Å². The second kappa shape index (κ2) is 7.11. The summed E-state index contributed by atoms with van der Waals surface area (Å²) in [5, 5.41) is 11.8. The Morgan fingerprint density at radius 1 is 1.23 bits per heavy atom. The topological polar surface area (TPSA) is 75.6 Å². The molecule has 0 spiro atoms. The Kier molecular flexibility index (Phi) is 4.88. The van der Waals surface area contributed by atoms with Crippen molar-refractivity contribution in [3.05, 3.63) is 64.7 Å². The molecular formula is C19H17F2NO4. The Balaban J connectivity index is 1.61. The molecule has 0 unspecified atom stereocenters. The van der Waals surface area contributed by atoms with E-state index in [2.05, 4.69) is 5.32 Å². The maximum atomic E-state index is 13.8. The lowest BCUT2D eigenvalue weighted by molar-refractivity contribution is -0.122. The summed E-state index contributed by atoms with van der Waals surface area (Å²) in [7, 11) is 1.37. The predicted octanol–water partition coefficient (Wildman–Crippen LogP) is 3.09. The summed E-state index contributed by atoms with van der Waals surface area (Å²) < 4.78 is 31.8. The molecule has 7 heteroatoms. The number of amides is 1. The van der Waals surface area contributed by atoms with Gasteiger partial charge in [0, 0.05) is 18.5 Å². The number of aromatic carboxylic acids is 1. The molecule has 2 N–H and O–H groups in total. The number of carbonyl (C=O) groups is 2. The first kappa shape index (κ1) is 17.8. The average molecular weight is 361 g/mol. The molecule has 136 valence electrons. The van der Waals surface area contributed by atoms with Crippen LogP contribution in [0, 0.1) is 17.6 Å². The smallest absolute Gasteiger partial charge is 0.339 e. The summed E-state index contributed by atoms with van der Waals surface area (Å²) >= 11 is 0. The van der Waals surface area contributed by atoms with Crippen LogP contribution >= 0.6 is 0 Å². The number of hydrogen-bond donors (Lipinski definition) is 2. The van der Waals surface area contributed by atoms with Crippen LogP contribution in [0.25, 0.3) is 0 Å². The second-order valence-electron chi connectivity index (χ2n) is 6.17. The fourth-order valence-electron chi connectivity index (χ4n) is 2.97. The summed E-state index contributed by atoms with van der Waals surface area (Å²) in [6, 6.07) is 7.93. The highest BCUT2D eigenvalue weighted by atomic mass is 19.1. The Labute approximate surface area is 148 Å². The molecule has 2 atom stereocenters. The minimum Gasteiger partial charge on any atom is -0.496 e. The van der Waals surface area contributed by atoms with E-state index in [4.69, 9.17) is 9.84 Å². The quantitative estimate of drug-likeness (QED) is 0.829. The molecule has 1 aliphatic rings. The molecule has 0 bridgehead atoms. The van der Waals surface area contributed by atoms with Crippen molar-refractivity contribution < 1.29 is 28.2 Å². The van der Waals surface area contributed by atoms with Crippen LogP contribution in [0.3, 0.4) is 0 Å². The van der Waals surface area contributed by atoms with E-state index in [9.17, 15) is 18.4 Å². The van der Waals surface area contributed by atoms with Gasteiger partial charge < -0.3 is 15.2 Å². The Bertz CT molecular complexity index is 869. The summed E-state index contributed by atoms with van der Waals surface area (Å²) in [5.74, 6) is -3.00. The van der Waals surface area contributed by atoms with Crippen LogP contribution < -0.4 is 10.1 Å². The number of carboxylic acid groups (broad SMARTS) is 1. The van der Waals surface area contributed by atoms with Crippen molar-refractivity contribution in [3.8, 4) is 5.75 Å². The molecule has 3 rings (SSSR count). The molecule has 0 heterocycles. The number of nitrogens with one attached hydrogen (secondary N) is 1. The van der Waals surface area contributed by atoms with Crippen molar-refractivity contribution in [1.82, 2.24) is 5.32 Å². The standard InChI is InChI=1S/C19H17F2NO4/c1-26-17-6-10(2-4-13(17)19(24)25)9-22-18(23)15-8-14(15)12-5-3-11(20)7-16(12)21/h2-7,14-15H,8-9H2,1H3,(H,22,23)(H,24,25)/t14-,15+/m0/s1. The monoisotopic (exact) mass is 361 g/mol. The van der Waals surface area contributed by atoms with Crippen molar-refractivity contribution >= 4 is 11.9 Å². The van der Waals surface area contributed by atoms with Crippen LogP contribution in [0.4, 0.5) is 8.78 Å². The number of carboxylic acids is 1. The van der Waals surface area contributed by atoms with Crippen LogP contribution in [-0.4, -0.2) is 24.1 Å². The molecule has 2 aromatic rings. The van der Waals surface area contributed by atoms with Crippen molar-refractivity contribution in [2.24, 2.45) is 5.92 Å². The number of methoxy groups -OCH3 is 1. The van der Waals surface area contributed by atoms with Crippen LogP contribution in [0.1, 0.15) is 33.8 Å². The molecule has 0 saturated heterocycles. The van der Waals surface area contributed by atoms with E-state index in [0.29, 0.717) is 17.5 Å². The van der Waals surface area contributed by atoms with Gasteiger partial charge >= 0.3 is 5.97 Å². The van der Waals surface area contributed by atoms with E-state index in [1.54, 1.807) is 12.1 Å². The van der Waals surface area contributed by atoms with Crippen molar-refractivity contribution in [1.29, 1.82) is 0 Å². The first-order chi connectivity index (χ1) is 12.4. The Morgan fingerprint density at radius 3 is 2.65 bits per heavy atom. The molecule has 2 aromatic carbocycles. The zero-order chi connectivity index (χ0) is 18.8. The number of ether oxygens (including phenoxy) is 1. The molecule has 0 radical (unpaired) electrons. The van der Waals surface area contributed by atoms with Gasteiger partial charge in [-0.1, -0.05) is 12.1 Å². The number of halogens is 2. The van der Waals surface area contributed by atoms with E-state index in [-0.39, 0.29) is 35.6 Å². The first-order valence-corrected chi connectivity index (χ1v) is 8.03. The SMILES string of the molecule is COc1cc(CNC(=O)[C@@H]2C[C@H]2c2ccc(F)cc2F)ccc1C(=O)O. The highest BCUT2D eigenvalue weighted by Gasteiger charge is 2.45. The fourth-order valence-corrected chi connectivity index (χ4v) is 2.97. The molecule has 26 heavy (non-hydrogen) atoms. The molecule has 1 amide bonds. The number of hydrogen-bond acceptors (Lipinski definition) is 3. The van der Waals surface area contributed by atoms with Gasteiger partial charge in [-0.15, -0.1) is 0 Å². The van der Waals surface area contributed by atoms with Crippen LogP contribution in [-0.2, 0) is 11.3 Å². The van der Waals surface area contributed by atoms with Gasteiger partial charge in [-0.05, 0) is 41.7 Å². The number of benzene rings is 2. The molecule has 0 aliphatic heterocycles. The maximum Gasteiger partial charge on any atom is 0.339 e. The maximum absolute atomic E-state index is 13.8. The van der Waals surface area contributed by atoms with Gasteiger partial charge in [0.2, 0.25) is 5.91 Å². The Morgan fingerprint density at radius 2 is 2.00 bits per heavy atom. The minimum absolute atomic E-state index is 0.0385. The van der Waals surface area contributed by atoms with E-state index in [0.717, 1.165) is 6.07 Å². The third kappa shape index (κ3) is 3.66. The van der Waals surface area contributed by atoms with Gasteiger partial charge in [0.25, 0.3) is 0 Å². The first-order valence-electron chi connectivity index (χ1n) is 8.03. The molecule has 0 aromatic heterocycles. The van der Waals surface area contributed by atoms with Crippen molar-refractivity contribution in [2.45, 2.75) is 18.9 Å². The summed E-state index contributed by atoms with van der Waals surface area (Å²) in [6.45, 7) is 0.199. The van der Waals surface area contributed by atoms with Crippen LogP contribution in [0.5, 0.6) is 5.75 Å². The number of carbonyl (C=O) groups excluding carboxylic acids is 1. The molecular weight excluding hydrogens is 344 g/mol. The van der Waals surface area contributed by atoms with E-state index < -0.39 is 17.6 Å². The third-order valence-corrected chi connectivity index (χ3v) is 4.45. The summed E-state index contributed by atoms with van der Waals surface area (Å²) in [6.07, 6.45) is 0.510. The lowest BCUT2D eigenvalue weighted by atomic mass is 10.1. The molecule has 1 aliphatic carbocycles. The largest absolute Gasteiger partial charge is 0.496 e. The lowest BCUT2D eigenvalue weighted by Crippen LogP contribution is -2.25.